The van der Waals surface area contributed by atoms with E-state index in [0.717, 1.165) is 16.8 Å². The SMILES string of the molecule is CC(C)(O)C(CCn1ccc(-c2ccc(-n3nccn3)cc2)cc1=O)C(=O)NO. The number of hydrogen-bond donors (Lipinski definition) is 3. The Morgan fingerprint density at radius 3 is 2.34 bits per heavy atom. The van der Waals surface area contributed by atoms with E-state index in [0.29, 0.717) is 0 Å². The first-order chi connectivity index (χ1) is 13.8. The highest BCUT2D eigenvalue weighted by Crippen LogP contribution is 2.22. The van der Waals surface area contributed by atoms with Crippen LogP contribution in [-0.2, 0) is 11.3 Å². The number of hydrogen-bond acceptors (Lipinski definition) is 6. The minimum absolute atomic E-state index is 0.195. The Bertz CT molecular complexity index is 1020. The van der Waals surface area contributed by atoms with Gasteiger partial charge in [-0.15, -0.1) is 0 Å². The fourth-order valence-electron chi connectivity index (χ4n) is 3.16. The van der Waals surface area contributed by atoms with E-state index in [1.54, 1.807) is 24.1 Å². The lowest BCUT2D eigenvalue weighted by Crippen LogP contribution is -2.43. The number of hydroxylamine groups is 1. The largest absolute Gasteiger partial charge is 0.390 e. The Labute approximate surface area is 167 Å². The summed E-state index contributed by atoms with van der Waals surface area (Å²) in [5.41, 5.74) is 2.46. The number of nitrogens with zero attached hydrogens (tertiary/aromatic N) is 4. The molecule has 1 unspecified atom stereocenters. The van der Waals surface area contributed by atoms with E-state index in [2.05, 4.69) is 10.2 Å². The third kappa shape index (κ3) is 4.76. The number of amides is 1. The Morgan fingerprint density at radius 2 is 1.79 bits per heavy atom. The molecule has 29 heavy (non-hydrogen) atoms. The first-order valence-corrected chi connectivity index (χ1v) is 9.13. The van der Waals surface area contributed by atoms with Gasteiger partial charge in [0, 0.05) is 18.8 Å². The first-order valence-electron chi connectivity index (χ1n) is 9.13. The van der Waals surface area contributed by atoms with Crippen molar-refractivity contribution in [2.75, 3.05) is 0 Å². The lowest BCUT2D eigenvalue weighted by Gasteiger charge is -2.27. The third-order valence-electron chi connectivity index (χ3n) is 4.78. The van der Waals surface area contributed by atoms with Gasteiger partial charge in [0.15, 0.2) is 0 Å². The molecule has 3 N–H and O–H groups in total. The molecule has 3 aromatic rings. The zero-order valence-corrected chi connectivity index (χ0v) is 16.2. The summed E-state index contributed by atoms with van der Waals surface area (Å²) in [6.45, 7) is 3.20. The van der Waals surface area contributed by atoms with E-state index in [-0.39, 0.29) is 18.5 Å². The number of aryl methyl sites for hydroxylation is 1. The number of nitrogens with one attached hydrogen (secondary N) is 1. The molecule has 0 saturated heterocycles. The van der Waals surface area contributed by atoms with Crippen molar-refractivity contribution in [2.45, 2.75) is 32.4 Å². The fourth-order valence-corrected chi connectivity index (χ4v) is 3.16. The zero-order valence-electron chi connectivity index (χ0n) is 16.2. The highest BCUT2D eigenvalue weighted by molar-refractivity contribution is 5.78. The number of pyridine rings is 1. The average molecular weight is 397 g/mol. The van der Waals surface area contributed by atoms with E-state index < -0.39 is 17.4 Å². The topological polar surface area (TPSA) is 122 Å². The van der Waals surface area contributed by atoms with Crippen molar-refractivity contribution in [1.82, 2.24) is 25.0 Å². The minimum atomic E-state index is -1.33. The van der Waals surface area contributed by atoms with Crippen LogP contribution < -0.4 is 11.0 Å². The van der Waals surface area contributed by atoms with Crippen molar-refractivity contribution in [2.24, 2.45) is 5.92 Å². The van der Waals surface area contributed by atoms with Gasteiger partial charge in [-0.1, -0.05) is 12.1 Å². The molecule has 1 aromatic carbocycles. The standard InChI is InChI=1S/C20H23N5O4/c1-20(2,28)17(19(27)23-29)8-12-24-11-7-15(13-18(24)26)14-3-5-16(6-4-14)25-21-9-10-22-25/h3-7,9-11,13,17,28-29H,8,12H2,1-2H3,(H,23,27). The van der Waals surface area contributed by atoms with Crippen molar-refractivity contribution in [3.63, 3.8) is 0 Å². The monoisotopic (exact) mass is 397 g/mol. The third-order valence-corrected chi connectivity index (χ3v) is 4.78. The summed E-state index contributed by atoms with van der Waals surface area (Å²) >= 11 is 0. The molecule has 0 radical (unpaired) electrons. The molecule has 0 aliphatic carbocycles. The fraction of sp³-hybridized carbons (Fsp3) is 0.300. The summed E-state index contributed by atoms with van der Waals surface area (Å²) in [7, 11) is 0. The van der Waals surface area contributed by atoms with Gasteiger partial charge in [0.05, 0.1) is 29.6 Å². The molecule has 1 amide bonds. The molecule has 0 aliphatic heterocycles. The van der Waals surface area contributed by atoms with Crippen LogP contribution in [0.3, 0.4) is 0 Å². The highest BCUT2D eigenvalue weighted by Gasteiger charge is 2.32. The van der Waals surface area contributed by atoms with Gasteiger partial charge in [-0.2, -0.15) is 15.0 Å². The van der Waals surface area contributed by atoms with E-state index >= 15 is 0 Å². The van der Waals surface area contributed by atoms with Gasteiger partial charge in [-0.25, -0.2) is 5.48 Å². The van der Waals surface area contributed by atoms with Crippen LogP contribution >= 0.6 is 0 Å². The molecule has 1 atom stereocenters. The summed E-state index contributed by atoms with van der Waals surface area (Å²) in [6, 6.07) is 10.8. The van der Waals surface area contributed by atoms with Gasteiger partial charge < -0.3 is 9.67 Å². The van der Waals surface area contributed by atoms with Crippen LogP contribution in [0.25, 0.3) is 16.8 Å². The van der Waals surface area contributed by atoms with E-state index in [4.69, 9.17) is 5.21 Å². The number of aromatic nitrogens is 4. The summed E-state index contributed by atoms with van der Waals surface area (Å²) in [4.78, 5) is 25.8. The van der Waals surface area contributed by atoms with Crippen LogP contribution in [0.2, 0.25) is 0 Å². The predicted octanol–water partition coefficient (Wildman–Crippen LogP) is 1.38. The predicted molar refractivity (Wildman–Crippen MR) is 105 cm³/mol. The summed E-state index contributed by atoms with van der Waals surface area (Å²) in [5, 5.41) is 27.2. The van der Waals surface area contributed by atoms with Gasteiger partial charge in [0.25, 0.3) is 5.56 Å². The molecule has 9 heteroatoms. The normalized spacial score (nSPS) is 12.6. The molecule has 2 aromatic heterocycles. The Hall–Kier alpha value is -3.30. The van der Waals surface area contributed by atoms with Gasteiger partial charge in [0.1, 0.15) is 0 Å². The molecule has 152 valence electrons. The molecule has 0 bridgehead atoms. The van der Waals surface area contributed by atoms with Gasteiger partial charge in [0.2, 0.25) is 5.91 Å². The van der Waals surface area contributed by atoms with Crippen LogP contribution in [0.4, 0.5) is 0 Å². The minimum Gasteiger partial charge on any atom is -0.390 e. The molecule has 0 aliphatic rings. The van der Waals surface area contributed by atoms with Crippen molar-refractivity contribution in [3.8, 4) is 16.8 Å². The van der Waals surface area contributed by atoms with Crippen molar-refractivity contribution in [1.29, 1.82) is 0 Å². The average Bonchev–Trinajstić information content (AvgIpc) is 3.23. The summed E-state index contributed by atoms with van der Waals surface area (Å²) < 4.78 is 1.47. The Morgan fingerprint density at radius 1 is 1.14 bits per heavy atom. The number of benzene rings is 1. The number of carbonyl (C=O) groups is 1. The molecule has 0 fully saturated rings. The first kappa shape index (κ1) is 20.4. The summed E-state index contributed by atoms with van der Waals surface area (Å²) in [6.07, 6.45) is 5.04. The molecule has 2 heterocycles. The molecule has 0 spiro atoms. The maximum absolute atomic E-state index is 12.5. The molecule has 9 nitrogen and oxygen atoms in total. The Kier molecular flexibility index (Phi) is 5.90. The van der Waals surface area contributed by atoms with Crippen LogP contribution in [0, 0.1) is 5.92 Å². The van der Waals surface area contributed by atoms with Gasteiger partial charge in [-0.3, -0.25) is 14.8 Å². The highest BCUT2D eigenvalue weighted by atomic mass is 16.5. The molecular formula is C20H23N5O4. The van der Waals surface area contributed by atoms with Gasteiger partial charge in [-0.05, 0) is 49.6 Å². The lowest BCUT2D eigenvalue weighted by molar-refractivity contribution is -0.141. The molecule has 3 rings (SSSR count). The zero-order chi connectivity index (χ0) is 21.0. The second-order valence-corrected chi connectivity index (χ2v) is 7.28. The molecular weight excluding hydrogens is 374 g/mol. The van der Waals surface area contributed by atoms with Crippen LogP contribution in [0.15, 0.2) is 59.8 Å². The van der Waals surface area contributed by atoms with Crippen LogP contribution in [-0.4, -0.2) is 41.4 Å². The maximum Gasteiger partial charge on any atom is 0.251 e. The van der Waals surface area contributed by atoms with Crippen molar-refractivity contribution in [3.05, 3.63) is 65.3 Å². The number of carbonyl (C=O) groups excluding carboxylic acids is 1. The summed E-state index contributed by atoms with van der Waals surface area (Å²) in [5.74, 6) is -1.54. The quantitative estimate of drug-likeness (QED) is 0.409. The van der Waals surface area contributed by atoms with E-state index in [1.165, 1.54) is 29.3 Å². The van der Waals surface area contributed by atoms with E-state index in [1.807, 2.05) is 30.3 Å². The lowest BCUT2D eigenvalue weighted by atomic mass is 9.87. The van der Waals surface area contributed by atoms with Crippen molar-refractivity contribution < 1.29 is 15.1 Å². The van der Waals surface area contributed by atoms with Crippen molar-refractivity contribution >= 4 is 5.91 Å². The molecule has 0 saturated carbocycles. The van der Waals surface area contributed by atoms with E-state index in [9.17, 15) is 14.7 Å². The Balaban J connectivity index is 1.75. The second-order valence-electron chi connectivity index (χ2n) is 7.28. The smallest absolute Gasteiger partial charge is 0.251 e. The van der Waals surface area contributed by atoms with Crippen LogP contribution in [0.1, 0.15) is 20.3 Å². The maximum atomic E-state index is 12.5. The van der Waals surface area contributed by atoms with Crippen LogP contribution in [0.5, 0.6) is 0 Å². The van der Waals surface area contributed by atoms with Gasteiger partial charge >= 0.3 is 0 Å². The number of rotatable bonds is 7. The number of aliphatic hydroxyl groups is 1. The second kappa shape index (κ2) is 8.38.